The number of aryl methyl sites for hydroxylation is 1. The van der Waals surface area contributed by atoms with E-state index in [0.29, 0.717) is 6.42 Å². The molecule has 0 fully saturated rings. The maximum absolute atomic E-state index is 11.7. The van der Waals surface area contributed by atoms with Crippen LogP contribution < -0.4 is 5.32 Å². The fourth-order valence-corrected chi connectivity index (χ4v) is 2.08. The molecule has 0 radical (unpaired) electrons. The molecule has 2 N–H and O–H groups in total. The molecule has 0 aliphatic carbocycles. The number of furan rings is 1. The van der Waals surface area contributed by atoms with E-state index in [9.17, 15) is 14.7 Å². The van der Waals surface area contributed by atoms with Crippen molar-refractivity contribution in [2.75, 3.05) is 6.54 Å². The van der Waals surface area contributed by atoms with Crippen LogP contribution in [0.2, 0.25) is 0 Å². The zero-order valence-electron chi connectivity index (χ0n) is 11.7. The Labute approximate surface area is 122 Å². The van der Waals surface area contributed by atoms with Crippen LogP contribution >= 0.6 is 0 Å². The van der Waals surface area contributed by atoms with E-state index in [1.807, 2.05) is 31.2 Å². The minimum absolute atomic E-state index is 0.0583. The molecule has 1 aromatic heterocycles. The standard InChI is InChI=1S/C16H17NO4/c1-11-4-2-5-12(8-11)9-13(16(19)20)10-17-15(18)14-6-3-7-21-14/h2-8,13H,9-10H2,1H3,(H,17,18)(H,19,20). The van der Waals surface area contributed by atoms with Crippen LogP contribution in [0, 0.1) is 12.8 Å². The molecule has 0 bridgehead atoms. The van der Waals surface area contributed by atoms with Crippen molar-refractivity contribution in [3.05, 3.63) is 59.5 Å². The summed E-state index contributed by atoms with van der Waals surface area (Å²) < 4.78 is 4.96. The lowest BCUT2D eigenvalue weighted by Crippen LogP contribution is -2.33. The number of hydrogen-bond acceptors (Lipinski definition) is 3. The van der Waals surface area contributed by atoms with Crippen molar-refractivity contribution in [1.82, 2.24) is 5.32 Å². The summed E-state index contributed by atoms with van der Waals surface area (Å²) in [5.74, 6) is -1.84. The summed E-state index contributed by atoms with van der Waals surface area (Å²) in [5, 5.41) is 11.9. The number of rotatable bonds is 6. The first-order chi connectivity index (χ1) is 10.1. The second-order valence-electron chi connectivity index (χ2n) is 4.92. The average Bonchev–Trinajstić information content (AvgIpc) is 2.97. The number of nitrogens with one attached hydrogen (secondary N) is 1. The fourth-order valence-electron chi connectivity index (χ4n) is 2.08. The maximum Gasteiger partial charge on any atom is 0.308 e. The Balaban J connectivity index is 1.96. The Morgan fingerprint density at radius 3 is 2.71 bits per heavy atom. The van der Waals surface area contributed by atoms with E-state index in [2.05, 4.69) is 5.32 Å². The smallest absolute Gasteiger partial charge is 0.308 e. The molecule has 1 unspecified atom stereocenters. The molecular formula is C16H17NO4. The second kappa shape index (κ2) is 6.74. The molecule has 2 aromatic rings. The molecule has 1 atom stereocenters. The van der Waals surface area contributed by atoms with Gasteiger partial charge in [-0.2, -0.15) is 0 Å². The third-order valence-electron chi connectivity index (χ3n) is 3.17. The number of carboxylic acid groups (broad SMARTS) is 1. The first-order valence-corrected chi connectivity index (χ1v) is 6.66. The van der Waals surface area contributed by atoms with Crippen molar-refractivity contribution in [3.8, 4) is 0 Å². The summed E-state index contributed by atoms with van der Waals surface area (Å²) in [7, 11) is 0. The molecule has 110 valence electrons. The highest BCUT2D eigenvalue weighted by Gasteiger charge is 2.20. The monoisotopic (exact) mass is 287 g/mol. The lowest BCUT2D eigenvalue weighted by Gasteiger charge is -2.13. The Kier molecular flexibility index (Phi) is 4.77. The van der Waals surface area contributed by atoms with Gasteiger partial charge in [-0.3, -0.25) is 9.59 Å². The summed E-state index contributed by atoms with van der Waals surface area (Å²) >= 11 is 0. The van der Waals surface area contributed by atoms with Crippen LogP contribution in [0.3, 0.4) is 0 Å². The molecule has 1 amide bonds. The van der Waals surface area contributed by atoms with Crippen LogP contribution in [0.5, 0.6) is 0 Å². The third kappa shape index (κ3) is 4.21. The zero-order chi connectivity index (χ0) is 15.2. The van der Waals surface area contributed by atoms with Crippen molar-refractivity contribution >= 4 is 11.9 Å². The Morgan fingerprint density at radius 1 is 1.29 bits per heavy atom. The van der Waals surface area contributed by atoms with Gasteiger partial charge in [0.1, 0.15) is 0 Å². The number of hydrogen-bond donors (Lipinski definition) is 2. The summed E-state index contributed by atoms with van der Waals surface area (Å²) in [5.41, 5.74) is 2.02. The topological polar surface area (TPSA) is 79.5 Å². The van der Waals surface area contributed by atoms with Gasteiger partial charge in [-0.25, -0.2) is 0 Å². The molecule has 0 spiro atoms. The van der Waals surface area contributed by atoms with Crippen LogP contribution in [0.15, 0.2) is 47.1 Å². The molecule has 5 nitrogen and oxygen atoms in total. The van der Waals surface area contributed by atoms with Crippen LogP contribution in [-0.4, -0.2) is 23.5 Å². The number of amides is 1. The lowest BCUT2D eigenvalue weighted by molar-refractivity contribution is -0.141. The Bertz CT molecular complexity index is 619. The molecule has 0 aliphatic rings. The molecule has 1 heterocycles. The minimum Gasteiger partial charge on any atom is -0.481 e. The van der Waals surface area contributed by atoms with E-state index in [4.69, 9.17) is 4.42 Å². The van der Waals surface area contributed by atoms with Gasteiger partial charge < -0.3 is 14.8 Å². The molecule has 5 heteroatoms. The SMILES string of the molecule is Cc1cccc(CC(CNC(=O)c2ccco2)C(=O)O)c1. The maximum atomic E-state index is 11.7. The second-order valence-corrected chi connectivity index (χ2v) is 4.92. The van der Waals surface area contributed by atoms with Crippen molar-refractivity contribution in [1.29, 1.82) is 0 Å². The van der Waals surface area contributed by atoms with Crippen molar-refractivity contribution in [2.24, 2.45) is 5.92 Å². The summed E-state index contributed by atoms with van der Waals surface area (Å²) in [6.07, 6.45) is 1.77. The van der Waals surface area contributed by atoms with Crippen molar-refractivity contribution < 1.29 is 19.1 Å². The Morgan fingerprint density at radius 2 is 2.10 bits per heavy atom. The van der Waals surface area contributed by atoms with Gasteiger partial charge in [0.25, 0.3) is 5.91 Å². The number of carbonyl (C=O) groups is 2. The highest BCUT2D eigenvalue weighted by Crippen LogP contribution is 2.11. The fraction of sp³-hybridized carbons (Fsp3) is 0.250. The average molecular weight is 287 g/mol. The van der Waals surface area contributed by atoms with Crippen LogP contribution in [0.4, 0.5) is 0 Å². The van der Waals surface area contributed by atoms with Gasteiger partial charge in [0.2, 0.25) is 0 Å². The zero-order valence-corrected chi connectivity index (χ0v) is 11.7. The van der Waals surface area contributed by atoms with Gasteiger partial charge in [-0.05, 0) is 31.0 Å². The molecular weight excluding hydrogens is 270 g/mol. The first kappa shape index (κ1) is 14.8. The Hall–Kier alpha value is -2.56. The number of benzene rings is 1. The summed E-state index contributed by atoms with van der Waals surface area (Å²) in [6, 6.07) is 10.8. The van der Waals surface area contributed by atoms with Gasteiger partial charge in [-0.1, -0.05) is 29.8 Å². The highest BCUT2D eigenvalue weighted by atomic mass is 16.4. The van der Waals surface area contributed by atoms with E-state index < -0.39 is 17.8 Å². The molecule has 1 aromatic carbocycles. The van der Waals surface area contributed by atoms with Gasteiger partial charge in [0.05, 0.1) is 12.2 Å². The number of aliphatic carboxylic acids is 1. The van der Waals surface area contributed by atoms with Gasteiger partial charge >= 0.3 is 5.97 Å². The van der Waals surface area contributed by atoms with Gasteiger partial charge in [0.15, 0.2) is 5.76 Å². The summed E-state index contributed by atoms with van der Waals surface area (Å²) in [4.78, 5) is 23.1. The predicted molar refractivity (Wildman–Crippen MR) is 77.1 cm³/mol. The van der Waals surface area contributed by atoms with E-state index >= 15 is 0 Å². The summed E-state index contributed by atoms with van der Waals surface area (Å²) in [6.45, 7) is 2.01. The minimum atomic E-state index is -0.934. The normalized spacial score (nSPS) is 11.9. The van der Waals surface area contributed by atoms with Crippen molar-refractivity contribution in [3.63, 3.8) is 0 Å². The van der Waals surface area contributed by atoms with Crippen LogP contribution in [-0.2, 0) is 11.2 Å². The number of carboxylic acids is 1. The van der Waals surface area contributed by atoms with E-state index in [1.165, 1.54) is 12.3 Å². The van der Waals surface area contributed by atoms with Crippen LogP contribution in [0.25, 0.3) is 0 Å². The van der Waals surface area contributed by atoms with Gasteiger partial charge in [-0.15, -0.1) is 0 Å². The molecule has 21 heavy (non-hydrogen) atoms. The highest BCUT2D eigenvalue weighted by molar-refractivity contribution is 5.91. The van der Waals surface area contributed by atoms with E-state index in [1.54, 1.807) is 6.07 Å². The van der Waals surface area contributed by atoms with E-state index in [-0.39, 0.29) is 12.3 Å². The largest absolute Gasteiger partial charge is 0.481 e. The van der Waals surface area contributed by atoms with E-state index in [0.717, 1.165) is 11.1 Å². The first-order valence-electron chi connectivity index (χ1n) is 6.66. The predicted octanol–water partition coefficient (Wildman–Crippen LogP) is 2.26. The van der Waals surface area contributed by atoms with Crippen LogP contribution in [0.1, 0.15) is 21.7 Å². The van der Waals surface area contributed by atoms with Gasteiger partial charge in [0, 0.05) is 6.54 Å². The quantitative estimate of drug-likeness (QED) is 0.854. The van der Waals surface area contributed by atoms with Crippen molar-refractivity contribution in [2.45, 2.75) is 13.3 Å². The molecule has 2 rings (SSSR count). The molecule has 0 saturated carbocycles. The molecule has 0 saturated heterocycles. The lowest BCUT2D eigenvalue weighted by atomic mass is 9.98. The third-order valence-corrected chi connectivity index (χ3v) is 3.17. The number of carbonyl (C=O) groups excluding carboxylic acids is 1. The molecule has 0 aliphatic heterocycles.